The summed E-state index contributed by atoms with van der Waals surface area (Å²) < 4.78 is 0. The first-order chi connectivity index (χ1) is 4.33. The maximum Gasteiger partial charge on any atom is 0.0802 e. The molecule has 0 aromatic rings. The highest BCUT2D eigenvalue weighted by atomic mass is 35.5. The van der Waals surface area contributed by atoms with Crippen molar-refractivity contribution in [3.8, 4) is 0 Å². The Morgan fingerprint density at radius 1 is 1.18 bits per heavy atom. The molecule has 5 heteroatoms. The van der Waals surface area contributed by atoms with Crippen LogP contribution in [0.4, 0.5) is 0 Å². The summed E-state index contributed by atoms with van der Waals surface area (Å²) in [5.41, 5.74) is 5.67. The highest BCUT2D eigenvalue weighted by Crippen LogP contribution is 2.17. The molecule has 11 heavy (non-hydrogen) atoms. The summed E-state index contributed by atoms with van der Waals surface area (Å²) in [6.45, 7) is 0. The Balaban J connectivity index is 0. The topological polar surface area (TPSA) is 61.3 Å². The minimum Gasteiger partial charge on any atom is -0.328 e. The summed E-state index contributed by atoms with van der Waals surface area (Å²) in [6.07, 6.45) is 4.50. The number of halogens is 2. The molecule has 0 aliphatic heterocycles. The third kappa shape index (κ3) is 4.82. The van der Waals surface area contributed by atoms with E-state index in [1.54, 1.807) is 0 Å². The van der Waals surface area contributed by atoms with Crippen LogP contribution in [0, 0.1) is 0 Å². The molecule has 0 heterocycles. The molecule has 0 amide bonds. The van der Waals surface area contributed by atoms with E-state index in [1.807, 2.05) is 0 Å². The first kappa shape index (κ1) is 14.0. The molecule has 1 aliphatic carbocycles. The molecule has 2 unspecified atom stereocenters. The fraction of sp³-hybridized carbons (Fsp3) is 1.00. The average Bonchev–Trinajstić information content (AvgIpc) is 1.88. The monoisotopic (exact) mass is 202 g/mol. The van der Waals surface area contributed by atoms with Crippen LogP contribution in [-0.4, -0.2) is 12.1 Å². The van der Waals surface area contributed by atoms with Crippen molar-refractivity contribution in [3.63, 3.8) is 0 Å². The molecule has 0 bridgehead atoms. The van der Waals surface area contributed by atoms with Gasteiger partial charge in [0.2, 0.25) is 0 Å². The quantitative estimate of drug-likeness (QED) is 0.624. The Morgan fingerprint density at radius 2 is 1.82 bits per heavy atom. The maximum absolute atomic E-state index is 5.67. The van der Waals surface area contributed by atoms with E-state index < -0.39 is 0 Å². The Kier molecular flexibility index (Phi) is 9.08. The van der Waals surface area contributed by atoms with Gasteiger partial charge in [0, 0.05) is 6.04 Å². The molecule has 1 aliphatic rings. The normalized spacial score (nSPS) is 30.0. The third-order valence-corrected chi connectivity index (χ3v) is 1.86. The zero-order chi connectivity index (χ0) is 6.69. The molecule has 70 valence electrons. The summed E-state index contributed by atoms with van der Waals surface area (Å²) >= 11 is 0. The number of nitrogens with two attached hydrogens (primary N) is 2. The highest BCUT2D eigenvalue weighted by molar-refractivity contribution is 5.85. The fourth-order valence-corrected chi connectivity index (χ4v) is 1.30. The van der Waals surface area contributed by atoms with Gasteiger partial charge in [-0.25, -0.2) is 5.90 Å². The highest BCUT2D eigenvalue weighted by Gasteiger charge is 2.18. The van der Waals surface area contributed by atoms with Crippen molar-refractivity contribution < 1.29 is 4.84 Å². The summed E-state index contributed by atoms with van der Waals surface area (Å²) in [6, 6.07) is 0.312. The maximum atomic E-state index is 5.67. The van der Waals surface area contributed by atoms with Gasteiger partial charge in [0.05, 0.1) is 6.10 Å². The van der Waals surface area contributed by atoms with Crippen LogP contribution in [0.25, 0.3) is 0 Å². The van der Waals surface area contributed by atoms with E-state index >= 15 is 0 Å². The zero-order valence-electron chi connectivity index (χ0n) is 6.36. The predicted octanol–water partition coefficient (Wildman–Crippen LogP) is 0.990. The molecule has 1 rings (SSSR count). The van der Waals surface area contributed by atoms with Gasteiger partial charge in [-0.05, 0) is 25.7 Å². The minimum atomic E-state index is 0. The van der Waals surface area contributed by atoms with Crippen LogP contribution < -0.4 is 11.6 Å². The predicted molar refractivity (Wildman–Crippen MR) is 50.0 cm³/mol. The van der Waals surface area contributed by atoms with Crippen molar-refractivity contribution in [2.24, 2.45) is 11.6 Å². The van der Waals surface area contributed by atoms with Crippen LogP contribution in [-0.2, 0) is 4.84 Å². The van der Waals surface area contributed by atoms with E-state index in [9.17, 15) is 0 Å². The molecule has 0 saturated heterocycles. The molecule has 0 aromatic heterocycles. The van der Waals surface area contributed by atoms with Gasteiger partial charge in [-0.1, -0.05) is 0 Å². The van der Waals surface area contributed by atoms with Gasteiger partial charge in [-0.2, -0.15) is 0 Å². The fourth-order valence-electron chi connectivity index (χ4n) is 1.30. The molecule has 1 saturated carbocycles. The van der Waals surface area contributed by atoms with Crippen LogP contribution in [0.15, 0.2) is 0 Å². The van der Waals surface area contributed by atoms with E-state index in [2.05, 4.69) is 4.84 Å². The second-order valence-electron chi connectivity index (χ2n) is 2.68. The molecular formula is C6H16Cl2N2O. The van der Waals surface area contributed by atoms with Gasteiger partial charge in [0.25, 0.3) is 0 Å². The van der Waals surface area contributed by atoms with E-state index in [-0.39, 0.29) is 30.9 Å². The summed E-state index contributed by atoms with van der Waals surface area (Å²) in [5, 5.41) is 0. The SMILES string of the molecule is Cl.Cl.NOC1CCCC(N)C1. The Morgan fingerprint density at radius 3 is 2.18 bits per heavy atom. The van der Waals surface area contributed by atoms with Gasteiger partial charge in [0.1, 0.15) is 0 Å². The first-order valence-corrected chi connectivity index (χ1v) is 3.44. The molecule has 1 fully saturated rings. The molecule has 2 atom stereocenters. The molecule has 3 nitrogen and oxygen atoms in total. The average molecular weight is 203 g/mol. The lowest BCUT2D eigenvalue weighted by molar-refractivity contribution is 0.0229. The molecule has 4 N–H and O–H groups in total. The Labute approximate surface area is 79.6 Å². The van der Waals surface area contributed by atoms with Crippen LogP contribution in [0.5, 0.6) is 0 Å². The second kappa shape index (κ2) is 7.13. The van der Waals surface area contributed by atoms with Gasteiger partial charge < -0.3 is 10.6 Å². The van der Waals surface area contributed by atoms with Crippen LogP contribution in [0.2, 0.25) is 0 Å². The van der Waals surface area contributed by atoms with Crippen molar-refractivity contribution in [1.29, 1.82) is 0 Å². The lowest BCUT2D eigenvalue weighted by Crippen LogP contribution is -2.33. The van der Waals surface area contributed by atoms with Gasteiger partial charge in [-0.3, -0.25) is 0 Å². The molecule has 0 radical (unpaired) electrons. The summed E-state index contributed by atoms with van der Waals surface area (Å²) in [5.74, 6) is 5.01. The van der Waals surface area contributed by atoms with Crippen LogP contribution in [0.1, 0.15) is 25.7 Å². The van der Waals surface area contributed by atoms with E-state index in [0.717, 1.165) is 25.7 Å². The van der Waals surface area contributed by atoms with Gasteiger partial charge in [-0.15, -0.1) is 24.8 Å². The molecule has 0 aromatic carbocycles. The lowest BCUT2D eigenvalue weighted by Gasteiger charge is -2.24. The smallest absolute Gasteiger partial charge is 0.0802 e. The van der Waals surface area contributed by atoms with Crippen molar-refractivity contribution in [2.45, 2.75) is 37.8 Å². The second-order valence-corrected chi connectivity index (χ2v) is 2.68. The van der Waals surface area contributed by atoms with E-state index in [4.69, 9.17) is 11.6 Å². The standard InChI is InChI=1S/C6H14N2O.2ClH/c7-5-2-1-3-6(4-5)9-8;;/h5-6H,1-4,7-8H2;2*1H. The number of hydrogen-bond donors (Lipinski definition) is 2. The van der Waals surface area contributed by atoms with Crippen LogP contribution >= 0.6 is 24.8 Å². The van der Waals surface area contributed by atoms with Crippen molar-refractivity contribution in [1.82, 2.24) is 0 Å². The third-order valence-electron chi connectivity index (χ3n) is 1.86. The number of hydrogen-bond acceptors (Lipinski definition) is 3. The minimum absolute atomic E-state index is 0. The first-order valence-electron chi connectivity index (χ1n) is 3.44. The van der Waals surface area contributed by atoms with Crippen molar-refractivity contribution in [3.05, 3.63) is 0 Å². The van der Waals surface area contributed by atoms with E-state index in [1.165, 1.54) is 0 Å². The Bertz CT molecular complexity index is 94.7. The Hall–Kier alpha value is 0.460. The van der Waals surface area contributed by atoms with Crippen molar-refractivity contribution in [2.75, 3.05) is 0 Å². The molecule has 0 spiro atoms. The van der Waals surface area contributed by atoms with E-state index in [0.29, 0.717) is 6.04 Å². The number of rotatable bonds is 1. The molecular weight excluding hydrogens is 187 g/mol. The summed E-state index contributed by atoms with van der Waals surface area (Å²) in [7, 11) is 0. The lowest BCUT2D eigenvalue weighted by atomic mass is 9.94. The van der Waals surface area contributed by atoms with Gasteiger partial charge >= 0.3 is 0 Å². The largest absolute Gasteiger partial charge is 0.328 e. The van der Waals surface area contributed by atoms with Crippen LogP contribution in [0.3, 0.4) is 0 Å². The van der Waals surface area contributed by atoms with Gasteiger partial charge in [0.15, 0.2) is 0 Å². The zero-order valence-corrected chi connectivity index (χ0v) is 8.00. The van der Waals surface area contributed by atoms with Crippen molar-refractivity contribution >= 4 is 24.8 Å². The summed E-state index contributed by atoms with van der Waals surface area (Å²) in [4.78, 5) is 4.68.